The minimum atomic E-state index is -0.302. The van der Waals surface area contributed by atoms with E-state index in [4.69, 9.17) is 4.74 Å². The standard InChI is InChI=1S/C17H17FN2O2/c1-12-6-7-19-8-14(12)16-10-22-11-17(21)20(16)9-13-4-2-3-5-15(13)18/h2-8,16H,9-11H2,1H3. The van der Waals surface area contributed by atoms with E-state index >= 15 is 0 Å². The number of morpholine rings is 1. The number of pyridine rings is 1. The molecule has 1 aromatic carbocycles. The lowest BCUT2D eigenvalue weighted by Gasteiger charge is -2.36. The number of carbonyl (C=O) groups excluding carboxylic acids is 1. The number of rotatable bonds is 3. The summed E-state index contributed by atoms with van der Waals surface area (Å²) in [4.78, 5) is 18.1. The molecule has 2 heterocycles. The Kier molecular flexibility index (Phi) is 4.15. The molecule has 1 fully saturated rings. The van der Waals surface area contributed by atoms with Gasteiger partial charge < -0.3 is 9.64 Å². The zero-order valence-corrected chi connectivity index (χ0v) is 12.3. The first kappa shape index (κ1) is 14.7. The average Bonchev–Trinajstić information content (AvgIpc) is 2.52. The maximum atomic E-state index is 13.9. The lowest BCUT2D eigenvalue weighted by molar-refractivity contribution is -0.149. The number of benzene rings is 1. The fourth-order valence-electron chi connectivity index (χ4n) is 2.70. The second-order valence-electron chi connectivity index (χ2n) is 5.38. The molecule has 0 aliphatic carbocycles. The van der Waals surface area contributed by atoms with Crippen LogP contribution in [0, 0.1) is 12.7 Å². The maximum absolute atomic E-state index is 13.9. The number of ether oxygens (including phenoxy) is 1. The summed E-state index contributed by atoms with van der Waals surface area (Å²) in [5.74, 6) is -0.439. The van der Waals surface area contributed by atoms with Gasteiger partial charge in [-0.1, -0.05) is 18.2 Å². The van der Waals surface area contributed by atoms with Crippen molar-refractivity contribution in [2.24, 2.45) is 0 Å². The molecule has 114 valence electrons. The molecule has 3 rings (SSSR count). The number of aryl methyl sites for hydroxylation is 1. The molecule has 1 unspecified atom stereocenters. The normalized spacial score (nSPS) is 18.5. The summed E-state index contributed by atoms with van der Waals surface area (Å²) < 4.78 is 19.3. The Balaban J connectivity index is 1.93. The first-order valence-corrected chi connectivity index (χ1v) is 7.18. The molecule has 0 N–H and O–H groups in total. The molecule has 1 aromatic heterocycles. The number of carbonyl (C=O) groups is 1. The van der Waals surface area contributed by atoms with Gasteiger partial charge in [-0.05, 0) is 30.2 Å². The third-order valence-corrected chi connectivity index (χ3v) is 3.93. The van der Waals surface area contributed by atoms with Gasteiger partial charge in [0.1, 0.15) is 12.4 Å². The molecular weight excluding hydrogens is 283 g/mol. The number of hydrogen-bond donors (Lipinski definition) is 0. The Morgan fingerprint density at radius 1 is 1.36 bits per heavy atom. The molecule has 1 saturated heterocycles. The van der Waals surface area contributed by atoms with Crippen molar-refractivity contribution in [1.82, 2.24) is 9.88 Å². The topological polar surface area (TPSA) is 42.4 Å². The highest BCUT2D eigenvalue weighted by Gasteiger charge is 2.31. The fourth-order valence-corrected chi connectivity index (χ4v) is 2.70. The van der Waals surface area contributed by atoms with E-state index in [1.807, 2.05) is 13.0 Å². The maximum Gasteiger partial charge on any atom is 0.249 e. The number of halogens is 1. The van der Waals surface area contributed by atoms with Gasteiger partial charge in [0, 0.05) is 24.5 Å². The van der Waals surface area contributed by atoms with E-state index in [0.29, 0.717) is 12.2 Å². The van der Waals surface area contributed by atoms with Crippen molar-refractivity contribution in [2.45, 2.75) is 19.5 Å². The smallest absolute Gasteiger partial charge is 0.249 e. The number of amides is 1. The first-order chi connectivity index (χ1) is 10.7. The Morgan fingerprint density at radius 2 is 2.18 bits per heavy atom. The summed E-state index contributed by atoms with van der Waals surface area (Å²) in [6, 6.07) is 8.18. The van der Waals surface area contributed by atoms with Crippen molar-refractivity contribution in [2.75, 3.05) is 13.2 Å². The number of hydrogen-bond acceptors (Lipinski definition) is 3. The van der Waals surface area contributed by atoms with Gasteiger partial charge in [0.2, 0.25) is 5.91 Å². The van der Waals surface area contributed by atoms with Gasteiger partial charge in [0.15, 0.2) is 0 Å². The quantitative estimate of drug-likeness (QED) is 0.875. The SMILES string of the molecule is Cc1ccncc1C1COCC(=O)N1Cc1ccccc1F. The minimum Gasteiger partial charge on any atom is -0.369 e. The van der Waals surface area contributed by atoms with Crippen molar-refractivity contribution in [3.63, 3.8) is 0 Å². The highest BCUT2D eigenvalue weighted by molar-refractivity contribution is 5.78. The van der Waals surface area contributed by atoms with Gasteiger partial charge in [-0.2, -0.15) is 0 Å². The molecule has 5 heteroatoms. The van der Waals surface area contributed by atoms with E-state index < -0.39 is 0 Å². The largest absolute Gasteiger partial charge is 0.369 e. The summed E-state index contributed by atoms with van der Waals surface area (Å²) >= 11 is 0. The Labute approximate surface area is 128 Å². The fraction of sp³-hybridized carbons (Fsp3) is 0.294. The molecule has 0 saturated carbocycles. The molecule has 4 nitrogen and oxygen atoms in total. The first-order valence-electron chi connectivity index (χ1n) is 7.18. The Bertz CT molecular complexity index is 690. The monoisotopic (exact) mass is 300 g/mol. The molecule has 1 atom stereocenters. The lowest BCUT2D eigenvalue weighted by Crippen LogP contribution is -2.44. The van der Waals surface area contributed by atoms with Crippen LogP contribution >= 0.6 is 0 Å². The second kappa shape index (κ2) is 6.23. The molecular formula is C17H17FN2O2. The van der Waals surface area contributed by atoms with Crippen LogP contribution in [-0.4, -0.2) is 29.0 Å². The van der Waals surface area contributed by atoms with Crippen LogP contribution in [0.1, 0.15) is 22.7 Å². The Hall–Kier alpha value is -2.27. The molecule has 1 aliphatic heterocycles. The number of aromatic nitrogens is 1. The molecule has 1 amide bonds. The highest BCUT2D eigenvalue weighted by Crippen LogP contribution is 2.28. The predicted molar refractivity (Wildman–Crippen MR) is 79.5 cm³/mol. The van der Waals surface area contributed by atoms with E-state index in [1.54, 1.807) is 35.5 Å². The summed E-state index contributed by atoms with van der Waals surface area (Å²) in [7, 11) is 0. The van der Waals surface area contributed by atoms with E-state index in [2.05, 4.69) is 4.98 Å². The van der Waals surface area contributed by atoms with Gasteiger partial charge >= 0.3 is 0 Å². The molecule has 1 aliphatic rings. The van der Waals surface area contributed by atoms with E-state index in [9.17, 15) is 9.18 Å². The highest BCUT2D eigenvalue weighted by atomic mass is 19.1. The third kappa shape index (κ3) is 2.85. The van der Waals surface area contributed by atoms with Crippen LogP contribution in [0.3, 0.4) is 0 Å². The van der Waals surface area contributed by atoms with Gasteiger partial charge in [0.25, 0.3) is 0 Å². The summed E-state index contributed by atoms with van der Waals surface area (Å²) in [5.41, 5.74) is 2.48. The van der Waals surface area contributed by atoms with Crippen LogP contribution in [0.15, 0.2) is 42.7 Å². The molecule has 22 heavy (non-hydrogen) atoms. The molecule has 2 aromatic rings. The lowest BCUT2D eigenvalue weighted by atomic mass is 10.0. The van der Waals surface area contributed by atoms with Gasteiger partial charge in [0.05, 0.1) is 12.6 Å². The van der Waals surface area contributed by atoms with Gasteiger partial charge in [-0.15, -0.1) is 0 Å². The van der Waals surface area contributed by atoms with Crippen LogP contribution in [-0.2, 0) is 16.1 Å². The van der Waals surface area contributed by atoms with Crippen molar-refractivity contribution >= 4 is 5.91 Å². The third-order valence-electron chi connectivity index (χ3n) is 3.93. The van der Waals surface area contributed by atoms with E-state index in [1.165, 1.54) is 6.07 Å². The van der Waals surface area contributed by atoms with Crippen molar-refractivity contribution in [3.8, 4) is 0 Å². The average molecular weight is 300 g/mol. The van der Waals surface area contributed by atoms with Crippen LogP contribution in [0.4, 0.5) is 4.39 Å². The second-order valence-corrected chi connectivity index (χ2v) is 5.38. The van der Waals surface area contributed by atoms with Crippen molar-refractivity contribution in [1.29, 1.82) is 0 Å². The predicted octanol–water partition coefficient (Wildman–Crippen LogP) is 2.63. The molecule has 0 radical (unpaired) electrons. The van der Waals surface area contributed by atoms with Crippen LogP contribution < -0.4 is 0 Å². The molecule has 0 spiro atoms. The summed E-state index contributed by atoms with van der Waals surface area (Å²) in [6.45, 7) is 2.63. The number of nitrogens with zero attached hydrogens (tertiary/aromatic N) is 2. The van der Waals surface area contributed by atoms with E-state index in [-0.39, 0.29) is 30.9 Å². The summed E-state index contributed by atoms with van der Waals surface area (Å²) in [5, 5.41) is 0. The Morgan fingerprint density at radius 3 is 2.95 bits per heavy atom. The zero-order chi connectivity index (χ0) is 15.5. The van der Waals surface area contributed by atoms with Crippen molar-refractivity contribution in [3.05, 3.63) is 65.2 Å². The van der Waals surface area contributed by atoms with E-state index in [0.717, 1.165) is 11.1 Å². The van der Waals surface area contributed by atoms with Gasteiger partial charge in [-0.3, -0.25) is 9.78 Å². The zero-order valence-electron chi connectivity index (χ0n) is 12.3. The van der Waals surface area contributed by atoms with Crippen LogP contribution in [0.5, 0.6) is 0 Å². The van der Waals surface area contributed by atoms with Gasteiger partial charge in [-0.25, -0.2) is 4.39 Å². The van der Waals surface area contributed by atoms with Crippen molar-refractivity contribution < 1.29 is 13.9 Å². The van der Waals surface area contributed by atoms with Crippen LogP contribution in [0.25, 0.3) is 0 Å². The minimum absolute atomic E-state index is 0.0320. The summed E-state index contributed by atoms with van der Waals surface area (Å²) in [6.07, 6.45) is 3.46. The molecule has 0 bridgehead atoms. The van der Waals surface area contributed by atoms with Crippen LogP contribution in [0.2, 0.25) is 0 Å².